The van der Waals surface area contributed by atoms with Crippen LogP contribution in [-0.4, -0.2) is 38.3 Å². The van der Waals surface area contributed by atoms with Crippen LogP contribution >= 0.6 is 0 Å². The van der Waals surface area contributed by atoms with Crippen molar-refractivity contribution in [1.82, 2.24) is 25.1 Å². The Hall–Kier alpha value is -3.71. The predicted molar refractivity (Wildman–Crippen MR) is 120 cm³/mol. The summed E-state index contributed by atoms with van der Waals surface area (Å²) in [5.41, 5.74) is 7.45. The van der Waals surface area contributed by atoms with E-state index in [0.717, 1.165) is 18.5 Å². The van der Waals surface area contributed by atoms with E-state index in [9.17, 15) is 4.79 Å². The van der Waals surface area contributed by atoms with Gasteiger partial charge in [-0.3, -0.25) is 9.89 Å². The summed E-state index contributed by atoms with van der Waals surface area (Å²) in [6.07, 6.45) is 10.2. The molecule has 0 radical (unpaired) electrons. The number of anilines is 2. The van der Waals surface area contributed by atoms with Crippen LogP contribution in [0.25, 0.3) is 11.3 Å². The molecule has 3 aromatic rings. The molecule has 3 heterocycles. The lowest BCUT2D eigenvalue weighted by molar-refractivity contribution is 0.397. The van der Waals surface area contributed by atoms with Gasteiger partial charge in [0.05, 0.1) is 25.2 Å². The van der Waals surface area contributed by atoms with Crippen LogP contribution < -0.4 is 21.2 Å². The SMILES string of the molecule is COc1[nH]c(C2CC2)cc(=O)c1-c1cc(Nc2cnc(C#N)cn2)n[nH]1.NC1CCCC1. The summed E-state index contributed by atoms with van der Waals surface area (Å²) in [4.78, 5) is 23.8. The van der Waals surface area contributed by atoms with Gasteiger partial charge in [0.2, 0.25) is 5.88 Å². The monoisotopic (exact) mass is 434 g/mol. The van der Waals surface area contributed by atoms with E-state index in [4.69, 9.17) is 15.7 Å². The minimum Gasteiger partial charge on any atom is -0.482 e. The van der Waals surface area contributed by atoms with Gasteiger partial charge in [0.1, 0.15) is 17.5 Å². The molecule has 2 aliphatic carbocycles. The van der Waals surface area contributed by atoms with Crippen LogP contribution in [0.15, 0.2) is 29.3 Å². The highest BCUT2D eigenvalue weighted by Gasteiger charge is 2.27. The Labute approximate surface area is 185 Å². The lowest BCUT2D eigenvalue weighted by Gasteiger charge is -2.08. The van der Waals surface area contributed by atoms with Crippen molar-refractivity contribution in [1.29, 1.82) is 5.26 Å². The molecule has 0 spiro atoms. The molecule has 2 saturated carbocycles. The number of ether oxygens (including phenoxy) is 1. The predicted octanol–water partition coefficient (Wildman–Crippen LogP) is 2.94. The van der Waals surface area contributed by atoms with E-state index < -0.39 is 0 Å². The van der Waals surface area contributed by atoms with Gasteiger partial charge in [-0.15, -0.1) is 0 Å². The van der Waals surface area contributed by atoms with Crippen molar-refractivity contribution in [3.63, 3.8) is 0 Å². The van der Waals surface area contributed by atoms with Gasteiger partial charge in [-0.25, -0.2) is 9.97 Å². The molecule has 10 heteroatoms. The molecule has 0 unspecified atom stereocenters. The molecular formula is C22H26N8O2. The zero-order chi connectivity index (χ0) is 22.5. The van der Waals surface area contributed by atoms with Gasteiger partial charge < -0.3 is 20.8 Å². The Morgan fingerprint density at radius 2 is 1.94 bits per heavy atom. The van der Waals surface area contributed by atoms with Crippen molar-refractivity contribution in [2.45, 2.75) is 50.5 Å². The molecular weight excluding hydrogens is 408 g/mol. The topological polar surface area (TPSA) is 158 Å². The summed E-state index contributed by atoms with van der Waals surface area (Å²) in [5.74, 6) is 1.73. The average Bonchev–Trinajstić information content (AvgIpc) is 3.38. The van der Waals surface area contributed by atoms with Crippen molar-refractivity contribution in [2.24, 2.45) is 5.73 Å². The number of nitrogens with two attached hydrogens (primary N) is 1. The molecule has 5 rings (SSSR count). The molecule has 5 N–H and O–H groups in total. The zero-order valence-corrected chi connectivity index (χ0v) is 17.9. The fraction of sp³-hybridized carbons (Fsp3) is 0.409. The van der Waals surface area contributed by atoms with Gasteiger partial charge in [0, 0.05) is 23.9 Å². The Kier molecular flexibility index (Phi) is 6.47. The fourth-order valence-corrected chi connectivity index (χ4v) is 3.63. The number of nitrogens with one attached hydrogen (secondary N) is 3. The first-order chi connectivity index (χ1) is 15.6. The van der Waals surface area contributed by atoms with Crippen LogP contribution in [-0.2, 0) is 0 Å². The number of pyridine rings is 1. The number of nitrogens with zero attached hydrogens (tertiary/aromatic N) is 4. The van der Waals surface area contributed by atoms with E-state index in [2.05, 4.69) is 30.5 Å². The smallest absolute Gasteiger partial charge is 0.204 e. The van der Waals surface area contributed by atoms with Gasteiger partial charge in [-0.05, 0) is 31.6 Å². The first-order valence-electron chi connectivity index (χ1n) is 10.7. The highest BCUT2D eigenvalue weighted by atomic mass is 16.5. The molecule has 0 aliphatic heterocycles. The van der Waals surface area contributed by atoms with E-state index >= 15 is 0 Å². The number of H-pyrrole nitrogens is 2. The van der Waals surface area contributed by atoms with Crippen molar-refractivity contribution in [2.75, 3.05) is 12.4 Å². The summed E-state index contributed by atoms with van der Waals surface area (Å²) >= 11 is 0. The Morgan fingerprint density at radius 1 is 1.16 bits per heavy atom. The Bertz CT molecular complexity index is 1150. The highest BCUT2D eigenvalue weighted by molar-refractivity contribution is 5.69. The van der Waals surface area contributed by atoms with Crippen LogP contribution in [0.4, 0.5) is 11.6 Å². The zero-order valence-electron chi connectivity index (χ0n) is 17.9. The molecule has 3 aromatic heterocycles. The molecule has 2 fully saturated rings. The van der Waals surface area contributed by atoms with E-state index in [1.54, 1.807) is 12.1 Å². The number of aromatic amines is 2. The number of aromatic nitrogens is 5. The van der Waals surface area contributed by atoms with E-state index in [0.29, 0.717) is 40.7 Å². The third-order valence-electron chi connectivity index (χ3n) is 5.51. The molecule has 10 nitrogen and oxygen atoms in total. The summed E-state index contributed by atoms with van der Waals surface area (Å²) in [6.45, 7) is 0. The van der Waals surface area contributed by atoms with Crippen molar-refractivity contribution in [3.05, 3.63) is 46.1 Å². The maximum absolute atomic E-state index is 12.6. The minimum atomic E-state index is -0.129. The fourth-order valence-electron chi connectivity index (χ4n) is 3.63. The Balaban J connectivity index is 0.000000354. The van der Waals surface area contributed by atoms with Gasteiger partial charge in [-0.1, -0.05) is 12.8 Å². The first kappa shape index (κ1) is 21.5. The number of hydrogen-bond acceptors (Lipinski definition) is 8. The maximum atomic E-state index is 12.6. The summed E-state index contributed by atoms with van der Waals surface area (Å²) < 4.78 is 5.38. The van der Waals surface area contributed by atoms with Crippen molar-refractivity contribution < 1.29 is 4.74 Å². The first-order valence-corrected chi connectivity index (χ1v) is 10.7. The lowest BCUT2D eigenvalue weighted by atomic mass is 10.1. The van der Waals surface area contributed by atoms with Crippen LogP contribution in [0.2, 0.25) is 0 Å². The van der Waals surface area contributed by atoms with E-state index in [1.165, 1.54) is 45.2 Å². The number of nitriles is 1. The van der Waals surface area contributed by atoms with Gasteiger partial charge >= 0.3 is 0 Å². The lowest BCUT2D eigenvalue weighted by Crippen LogP contribution is -2.13. The highest BCUT2D eigenvalue weighted by Crippen LogP contribution is 2.40. The summed E-state index contributed by atoms with van der Waals surface area (Å²) in [6, 6.07) is 5.76. The molecule has 166 valence electrons. The number of rotatable bonds is 5. The molecule has 0 bridgehead atoms. The van der Waals surface area contributed by atoms with Crippen LogP contribution in [0.5, 0.6) is 5.88 Å². The standard InChI is InChI=1S/C17H15N7O2.C5H11N/c1-26-17-16(13(25)4-11(21-17)9-2-3-9)12-5-14(24-23-12)22-15-8-19-10(6-18)7-20-15;6-5-3-1-2-4-5/h4-5,7-9H,2-3H2,1H3,(H,21,25)(H2,20,22,23,24);5H,1-4,6H2. The largest absolute Gasteiger partial charge is 0.482 e. The van der Waals surface area contributed by atoms with Gasteiger partial charge in [0.25, 0.3) is 0 Å². The summed E-state index contributed by atoms with van der Waals surface area (Å²) in [5, 5.41) is 18.7. The molecule has 0 saturated heterocycles. The van der Waals surface area contributed by atoms with Crippen LogP contribution in [0.3, 0.4) is 0 Å². The molecule has 0 aromatic carbocycles. The Morgan fingerprint density at radius 3 is 2.50 bits per heavy atom. The number of hydrogen-bond donors (Lipinski definition) is 4. The molecule has 2 aliphatic rings. The van der Waals surface area contributed by atoms with Gasteiger partial charge in [-0.2, -0.15) is 10.4 Å². The molecule has 0 atom stereocenters. The third kappa shape index (κ3) is 5.12. The third-order valence-corrected chi connectivity index (χ3v) is 5.51. The normalized spacial score (nSPS) is 15.5. The van der Waals surface area contributed by atoms with E-state index in [-0.39, 0.29) is 11.1 Å². The number of methoxy groups -OCH3 is 1. The average molecular weight is 435 g/mol. The second-order valence-corrected chi connectivity index (χ2v) is 8.01. The maximum Gasteiger partial charge on any atom is 0.204 e. The second-order valence-electron chi connectivity index (χ2n) is 8.01. The van der Waals surface area contributed by atoms with Crippen LogP contribution in [0.1, 0.15) is 55.8 Å². The summed E-state index contributed by atoms with van der Waals surface area (Å²) in [7, 11) is 1.52. The molecule has 0 amide bonds. The van der Waals surface area contributed by atoms with Crippen molar-refractivity contribution >= 4 is 11.6 Å². The van der Waals surface area contributed by atoms with Gasteiger partial charge in [0.15, 0.2) is 16.9 Å². The van der Waals surface area contributed by atoms with Crippen molar-refractivity contribution in [3.8, 4) is 23.2 Å². The molecule has 32 heavy (non-hydrogen) atoms. The second kappa shape index (κ2) is 9.62. The van der Waals surface area contributed by atoms with E-state index in [1.807, 2.05) is 6.07 Å². The van der Waals surface area contributed by atoms with Crippen LogP contribution in [0, 0.1) is 11.3 Å². The minimum absolute atomic E-state index is 0.129. The quantitative estimate of drug-likeness (QED) is 0.477.